The maximum absolute atomic E-state index is 5.99. The summed E-state index contributed by atoms with van der Waals surface area (Å²) >= 11 is 7.90. The van der Waals surface area contributed by atoms with Crippen LogP contribution in [0.25, 0.3) is 0 Å². The minimum absolute atomic E-state index is 0.192. The second-order valence-electron chi connectivity index (χ2n) is 6.40. The predicted molar refractivity (Wildman–Crippen MR) is 112 cm³/mol. The molecule has 0 amide bonds. The molecule has 26 heavy (non-hydrogen) atoms. The molecule has 1 aliphatic rings. The van der Waals surface area contributed by atoms with Crippen LogP contribution in [0, 0.1) is 0 Å². The molecule has 1 aromatic carbocycles. The summed E-state index contributed by atoms with van der Waals surface area (Å²) in [6, 6.07) is 7.48. The van der Waals surface area contributed by atoms with E-state index in [2.05, 4.69) is 23.4 Å². The zero-order valence-electron chi connectivity index (χ0n) is 16.0. The molecule has 1 N–H and O–H groups in total. The van der Waals surface area contributed by atoms with Crippen molar-refractivity contribution >= 4 is 29.3 Å². The first kappa shape index (κ1) is 21.2. The quantitative estimate of drug-likeness (QED) is 0.535. The molecule has 2 rings (SSSR count). The number of hydrogen-bond donors (Lipinski definition) is 1. The normalized spacial score (nSPS) is 17.0. The molecule has 1 heterocycles. The van der Waals surface area contributed by atoms with Crippen molar-refractivity contribution in [3.05, 3.63) is 29.3 Å². The van der Waals surface area contributed by atoms with E-state index in [1.54, 1.807) is 0 Å². The Morgan fingerprint density at radius 1 is 1.42 bits per heavy atom. The Balaban J connectivity index is 1.89. The first-order valence-corrected chi connectivity index (χ1v) is 10.7. The molecule has 1 fully saturated rings. The fourth-order valence-corrected chi connectivity index (χ4v) is 3.77. The van der Waals surface area contributed by atoms with Crippen LogP contribution in [-0.2, 0) is 4.74 Å². The highest BCUT2D eigenvalue weighted by atomic mass is 35.5. The average molecular weight is 400 g/mol. The number of aliphatic imine (C=N–C) groups is 1. The number of nitrogens with one attached hydrogen (secondary N) is 1. The van der Waals surface area contributed by atoms with Gasteiger partial charge in [-0.15, -0.1) is 0 Å². The van der Waals surface area contributed by atoms with Gasteiger partial charge in [0.25, 0.3) is 0 Å². The molecular formula is C19H30ClN3O2S. The number of halogens is 1. The van der Waals surface area contributed by atoms with Gasteiger partial charge in [-0.25, -0.2) is 0 Å². The van der Waals surface area contributed by atoms with E-state index in [0.717, 1.165) is 57.4 Å². The van der Waals surface area contributed by atoms with Crippen LogP contribution < -0.4 is 10.1 Å². The van der Waals surface area contributed by atoms with E-state index in [9.17, 15) is 0 Å². The summed E-state index contributed by atoms with van der Waals surface area (Å²) in [5.41, 5.74) is 0. The molecule has 1 aromatic rings. The van der Waals surface area contributed by atoms with E-state index >= 15 is 0 Å². The molecule has 0 radical (unpaired) electrons. The summed E-state index contributed by atoms with van der Waals surface area (Å²) < 4.78 is 11.5. The Morgan fingerprint density at radius 3 is 2.85 bits per heavy atom. The van der Waals surface area contributed by atoms with Crippen LogP contribution >= 0.6 is 23.4 Å². The summed E-state index contributed by atoms with van der Waals surface area (Å²) in [7, 11) is 2.04. The van der Waals surface area contributed by atoms with Gasteiger partial charge in [0, 0.05) is 36.6 Å². The van der Waals surface area contributed by atoms with Crippen molar-refractivity contribution in [2.75, 3.05) is 52.8 Å². The minimum atomic E-state index is 0.192. The minimum Gasteiger partial charge on any atom is -0.492 e. The van der Waals surface area contributed by atoms with Crippen molar-refractivity contribution in [3.63, 3.8) is 0 Å². The molecule has 0 atom stereocenters. The highest BCUT2D eigenvalue weighted by Gasteiger charge is 2.31. The van der Waals surface area contributed by atoms with Gasteiger partial charge in [-0.2, -0.15) is 11.8 Å². The molecule has 7 heteroatoms. The van der Waals surface area contributed by atoms with Crippen molar-refractivity contribution in [1.29, 1.82) is 0 Å². The SMILES string of the molecule is CCNC(=NCC1(SC)CCOCC1)N(C)CCOc1cccc(Cl)c1. The third kappa shape index (κ3) is 6.56. The van der Waals surface area contributed by atoms with Gasteiger partial charge in [0.1, 0.15) is 12.4 Å². The van der Waals surface area contributed by atoms with Gasteiger partial charge in [0.2, 0.25) is 0 Å². The molecule has 146 valence electrons. The van der Waals surface area contributed by atoms with Gasteiger partial charge in [-0.05, 0) is 44.2 Å². The van der Waals surface area contributed by atoms with Crippen LogP contribution in [0.5, 0.6) is 5.75 Å². The fourth-order valence-electron chi connectivity index (χ4n) is 2.82. The molecule has 5 nitrogen and oxygen atoms in total. The maximum Gasteiger partial charge on any atom is 0.193 e. The molecule has 0 bridgehead atoms. The Kier molecular flexibility index (Phi) is 8.88. The van der Waals surface area contributed by atoms with Crippen LogP contribution in [-0.4, -0.2) is 68.4 Å². The highest BCUT2D eigenvalue weighted by molar-refractivity contribution is 8.00. The lowest BCUT2D eigenvalue weighted by Gasteiger charge is -2.34. The summed E-state index contributed by atoms with van der Waals surface area (Å²) in [6.45, 7) is 6.71. The van der Waals surface area contributed by atoms with Gasteiger partial charge < -0.3 is 19.7 Å². The van der Waals surface area contributed by atoms with Gasteiger partial charge in [0.05, 0.1) is 13.1 Å². The fraction of sp³-hybridized carbons (Fsp3) is 0.632. The molecule has 0 saturated carbocycles. The Hall–Kier alpha value is -1.11. The number of guanidine groups is 1. The van der Waals surface area contributed by atoms with Gasteiger partial charge in [0.15, 0.2) is 5.96 Å². The Bertz CT molecular complexity index is 580. The first-order valence-electron chi connectivity index (χ1n) is 9.09. The Labute approximate surface area is 166 Å². The van der Waals surface area contributed by atoms with Crippen molar-refractivity contribution < 1.29 is 9.47 Å². The van der Waals surface area contributed by atoms with Crippen LogP contribution in [0.1, 0.15) is 19.8 Å². The summed E-state index contributed by atoms with van der Waals surface area (Å²) in [4.78, 5) is 7.01. The van der Waals surface area contributed by atoms with E-state index in [0.29, 0.717) is 11.6 Å². The van der Waals surface area contributed by atoms with E-state index in [1.165, 1.54) is 0 Å². The third-order valence-corrected chi connectivity index (χ3v) is 6.18. The lowest BCUT2D eigenvalue weighted by molar-refractivity contribution is 0.0793. The molecule has 1 aliphatic heterocycles. The number of ether oxygens (including phenoxy) is 2. The molecule has 0 unspecified atom stereocenters. The largest absolute Gasteiger partial charge is 0.492 e. The molecule has 0 spiro atoms. The molecule has 1 saturated heterocycles. The standard InChI is InChI=1S/C19H30ClN3O2S/c1-4-21-18(22-15-19(26-3)8-11-24-12-9-19)23(2)10-13-25-17-7-5-6-16(20)14-17/h5-7,14H,4,8-13,15H2,1-3H3,(H,21,22). The first-order chi connectivity index (χ1) is 12.6. The summed E-state index contributed by atoms with van der Waals surface area (Å²) in [5, 5.41) is 4.06. The van der Waals surface area contributed by atoms with Crippen molar-refractivity contribution in [1.82, 2.24) is 10.2 Å². The number of hydrogen-bond acceptors (Lipinski definition) is 4. The zero-order chi connectivity index (χ0) is 18.8. The molecule has 0 aliphatic carbocycles. The lowest BCUT2D eigenvalue weighted by Crippen LogP contribution is -2.43. The molecular weight excluding hydrogens is 370 g/mol. The predicted octanol–water partition coefficient (Wildman–Crippen LogP) is 3.53. The van der Waals surface area contributed by atoms with E-state index in [-0.39, 0.29) is 4.75 Å². The average Bonchev–Trinajstić information content (AvgIpc) is 2.66. The second kappa shape index (κ2) is 10.9. The van der Waals surface area contributed by atoms with E-state index < -0.39 is 0 Å². The maximum atomic E-state index is 5.99. The van der Waals surface area contributed by atoms with E-state index in [4.69, 9.17) is 26.1 Å². The third-order valence-electron chi connectivity index (χ3n) is 4.54. The second-order valence-corrected chi connectivity index (χ2v) is 8.11. The van der Waals surface area contributed by atoms with Gasteiger partial charge >= 0.3 is 0 Å². The monoisotopic (exact) mass is 399 g/mol. The summed E-state index contributed by atoms with van der Waals surface area (Å²) in [6.07, 6.45) is 4.29. The summed E-state index contributed by atoms with van der Waals surface area (Å²) in [5.74, 6) is 1.71. The van der Waals surface area contributed by atoms with Crippen LogP contribution in [0.4, 0.5) is 0 Å². The highest BCUT2D eigenvalue weighted by Crippen LogP contribution is 2.34. The van der Waals surface area contributed by atoms with Crippen molar-refractivity contribution in [3.8, 4) is 5.75 Å². The topological polar surface area (TPSA) is 46.1 Å². The number of benzene rings is 1. The van der Waals surface area contributed by atoms with Gasteiger partial charge in [-0.1, -0.05) is 17.7 Å². The van der Waals surface area contributed by atoms with Crippen molar-refractivity contribution in [2.24, 2.45) is 4.99 Å². The number of nitrogens with zero attached hydrogens (tertiary/aromatic N) is 2. The molecule has 0 aromatic heterocycles. The Morgan fingerprint density at radius 2 is 2.19 bits per heavy atom. The number of thioether (sulfide) groups is 1. The number of rotatable bonds is 8. The zero-order valence-corrected chi connectivity index (χ0v) is 17.5. The van der Waals surface area contributed by atoms with Crippen LogP contribution in [0.15, 0.2) is 29.3 Å². The number of likely N-dealkylation sites (N-methyl/N-ethyl adjacent to an activating group) is 1. The van der Waals surface area contributed by atoms with Crippen LogP contribution in [0.3, 0.4) is 0 Å². The van der Waals surface area contributed by atoms with Crippen molar-refractivity contribution in [2.45, 2.75) is 24.5 Å². The van der Waals surface area contributed by atoms with Gasteiger partial charge in [-0.3, -0.25) is 4.99 Å². The van der Waals surface area contributed by atoms with E-state index in [1.807, 2.05) is 43.1 Å². The lowest BCUT2D eigenvalue weighted by atomic mass is 9.99. The van der Waals surface area contributed by atoms with Crippen LogP contribution in [0.2, 0.25) is 5.02 Å². The smallest absolute Gasteiger partial charge is 0.193 e.